The molecule has 2 atom stereocenters. The number of aromatic nitrogens is 1. The number of hydrogen-bond donors (Lipinski definition) is 0. The summed E-state index contributed by atoms with van der Waals surface area (Å²) in [6.45, 7) is 5.59. The quantitative estimate of drug-likeness (QED) is 0.830. The van der Waals surface area contributed by atoms with Crippen molar-refractivity contribution in [2.45, 2.75) is 45.7 Å². The summed E-state index contributed by atoms with van der Waals surface area (Å²) < 4.78 is 44.6. The number of carbonyl (C=O) groups excluding carboxylic acids is 1. The molecule has 0 N–H and O–H groups in total. The number of amides is 1. The van der Waals surface area contributed by atoms with Crippen LogP contribution in [-0.4, -0.2) is 40.7 Å². The van der Waals surface area contributed by atoms with E-state index in [2.05, 4.69) is 0 Å². The molecule has 128 valence electrons. The smallest absolute Gasteiger partial charge is 0.372 e. The number of rotatable bonds is 2. The van der Waals surface area contributed by atoms with Crippen molar-refractivity contribution < 1.29 is 22.7 Å². The zero-order chi connectivity index (χ0) is 17.4. The molecule has 1 amide bonds. The molecule has 0 bridgehead atoms. The maximum atomic E-state index is 12.7. The molecule has 2 rings (SSSR count). The van der Waals surface area contributed by atoms with Crippen molar-refractivity contribution >= 4 is 5.91 Å². The molecule has 5 nitrogen and oxygen atoms in total. The van der Waals surface area contributed by atoms with Crippen LogP contribution >= 0.6 is 0 Å². The third-order valence-electron chi connectivity index (χ3n) is 3.73. The second-order valence-corrected chi connectivity index (χ2v) is 5.86. The Morgan fingerprint density at radius 2 is 1.83 bits per heavy atom. The van der Waals surface area contributed by atoms with Crippen molar-refractivity contribution in [3.8, 4) is 0 Å². The van der Waals surface area contributed by atoms with Crippen LogP contribution in [0.3, 0.4) is 0 Å². The first-order chi connectivity index (χ1) is 10.6. The number of nitrogens with zero attached hydrogens (tertiary/aromatic N) is 2. The van der Waals surface area contributed by atoms with Crippen LogP contribution < -0.4 is 5.56 Å². The van der Waals surface area contributed by atoms with Crippen LogP contribution in [0.5, 0.6) is 0 Å². The fraction of sp³-hybridized carbons (Fsp3) is 0.600. The van der Waals surface area contributed by atoms with E-state index in [1.54, 1.807) is 4.90 Å². The molecule has 23 heavy (non-hydrogen) atoms. The summed E-state index contributed by atoms with van der Waals surface area (Å²) in [7, 11) is 0. The monoisotopic (exact) mass is 332 g/mol. The van der Waals surface area contributed by atoms with Crippen LogP contribution in [0.2, 0.25) is 0 Å². The largest absolute Gasteiger partial charge is 0.416 e. The molecule has 0 spiro atoms. The van der Waals surface area contributed by atoms with Gasteiger partial charge in [0.2, 0.25) is 5.91 Å². The van der Waals surface area contributed by atoms with Crippen molar-refractivity contribution in [3.05, 3.63) is 33.7 Å². The van der Waals surface area contributed by atoms with Gasteiger partial charge in [-0.15, -0.1) is 0 Å². The molecule has 1 aliphatic rings. The first kappa shape index (κ1) is 17.5. The van der Waals surface area contributed by atoms with E-state index in [1.807, 2.05) is 13.8 Å². The van der Waals surface area contributed by atoms with Gasteiger partial charge in [0.25, 0.3) is 5.56 Å². The van der Waals surface area contributed by atoms with Crippen LogP contribution in [0.4, 0.5) is 13.2 Å². The number of halogens is 3. The summed E-state index contributed by atoms with van der Waals surface area (Å²) in [5, 5.41) is 0. The van der Waals surface area contributed by atoms with Gasteiger partial charge in [0, 0.05) is 24.8 Å². The predicted octanol–water partition coefficient (Wildman–Crippen LogP) is 1.81. The minimum Gasteiger partial charge on any atom is -0.372 e. The number of aryl methyl sites for hydroxylation is 1. The molecule has 1 fully saturated rings. The average Bonchev–Trinajstić information content (AvgIpc) is 2.40. The van der Waals surface area contributed by atoms with Gasteiger partial charge in [0.1, 0.15) is 6.54 Å². The van der Waals surface area contributed by atoms with Gasteiger partial charge < -0.3 is 14.2 Å². The van der Waals surface area contributed by atoms with Crippen molar-refractivity contribution in [3.63, 3.8) is 0 Å². The normalized spacial score (nSPS) is 22.3. The lowest BCUT2D eigenvalue weighted by Crippen LogP contribution is -2.49. The van der Waals surface area contributed by atoms with Gasteiger partial charge in [0.05, 0.1) is 17.8 Å². The van der Waals surface area contributed by atoms with Crippen molar-refractivity contribution in [2.75, 3.05) is 13.1 Å². The Kier molecular flexibility index (Phi) is 4.84. The lowest BCUT2D eigenvalue weighted by Gasteiger charge is -2.35. The zero-order valence-corrected chi connectivity index (χ0v) is 13.2. The first-order valence-corrected chi connectivity index (χ1v) is 7.30. The van der Waals surface area contributed by atoms with E-state index in [-0.39, 0.29) is 30.4 Å². The minimum absolute atomic E-state index is 0.104. The Bertz CT molecular complexity index is 644. The number of ether oxygens (including phenoxy) is 1. The molecule has 1 aromatic rings. The zero-order valence-electron chi connectivity index (χ0n) is 13.2. The highest BCUT2D eigenvalue weighted by Gasteiger charge is 2.32. The van der Waals surface area contributed by atoms with Gasteiger partial charge >= 0.3 is 6.18 Å². The number of alkyl halides is 3. The standard InChI is InChI=1S/C15H19F3N2O3/c1-9-4-12(15(16,17)18)5-13(21)20(9)8-14(22)19-6-10(2)23-11(3)7-19/h4-5,10-11H,6-8H2,1-3H3/t10-,11+. The van der Waals surface area contributed by atoms with E-state index in [4.69, 9.17) is 4.74 Å². The van der Waals surface area contributed by atoms with Gasteiger partial charge in [-0.3, -0.25) is 9.59 Å². The molecule has 8 heteroatoms. The molecule has 1 saturated heterocycles. The Balaban J connectivity index is 2.20. The maximum absolute atomic E-state index is 12.7. The Labute approximate surface area is 131 Å². The second kappa shape index (κ2) is 6.35. The summed E-state index contributed by atoms with van der Waals surface area (Å²) in [5.74, 6) is -0.308. The van der Waals surface area contributed by atoms with Crippen LogP contribution in [0.25, 0.3) is 0 Å². The summed E-state index contributed by atoms with van der Waals surface area (Å²) in [6, 6.07) is 1.39. The second-order valence-electron chi connectivity index (χ2n) is 5.86. The summed E-state index contributed by atoms with van der Waals surface area (Å²) in [6.07, 6.45) is -4.82. The van der Waals surface area contributed by atoms with Crippen molar-refractivity contribution in [1.29, 1.82) is 0 Å². The molecule has 0 unspecified atom stereocenters. The van der Waals surface area contributed by atoms with E-state index in [0.29, 0.717) is 19.2 Å². The van der Waals surface area contributed by atoms with Crippen LogP contribution in [0.1, 0.15) is 25.1 Å². The molecule has 0 radical (unpaired) electrons. The predicted molar refractivity (Wildman–Crippen MR) is 77.0 cm³/mol. The third kappa shape index (κ3) is 4.13. The van der Waals surface area contributed by atoms with Crippen LogP contribution in [0, 0.1) is 6.92 Å². The Morgan fingerprint density at radius 1 is 1.26 bits per heavy atom. The third-order valence-corrected chi connectivity index (χ3v) is 3.73. The van der Waals surface area contributed by atoms with Crippen molar-refractivity contribution in [2.24, 2.45) is 0 Å². The molecule has 0 aliphatic carbocycles. The number of carbonyl (C=O) groups is 1. The first-order valence-electron chi connectivity index (χ1n) is 7.30. The number of pyridine rings is 1. The molecular formula is C15H19F3N2O3. The number of morpholine rings is 1. The van der Waals surface area contributed by atoms with Crippen LogP contribution in [0.15, 0.2) is 16.9 Å². The minimum atomic E-state index is -4.58. The van der Waals surface area contributed by atoms with E-state index in [1.165, 1.54) is 6.92 Å². The van der Waals surface area contributed by atoms with Gasteiger partial charge in [-0.05, 0) is 26.8 Å². The average molecular weight is 332 g/mol. The highest BCUT2D eigenvalue weighted by atomic mass is 19.4. The fourth-order valence-electron chi connectivity index (χ4n) is 2.71. The summed E-state index contributed by atoms with van der Waals surface area (Å²) in [4.78, 5) is 25.8. The van der Waals surface area contributed by atoms with E-state index in [9.17, 15) is 22.8 Å². The van der Waals surface area contributed by atoms with Gasteiger partial charge in [-0.2, -0.15) is 13.2 Å². The van der Waals surface area contributed by atoms with Crippen molar-refractivity contribution in [1.82, 2.24) is 9.47 Å². The van der Waals surface area contributed by atoms with Gasteiger partial charge in [0.15, 0.2) is 0 Å². The highest BCUT2D eigenvalue weighted by molar-refractivity contribution is 5.76. The highest BCUT2D eigenvalue weighted by Crippen LogP contribution is 2.28. The fourth-order valence-corrected chi connectivity index (χ4v) is 2.71. The van der Waals surface area contributed by atoms with E-state index >= 15 is 0 Å². The van der Waals surface area contributed by atoms with Gasteiger partial charge in [-0.25, -0.2) is 0 Å². The Hall–Kier alpha value is -1.83. The molecule has 0 saturated carbocycles. The summed E-state index contributed by atoms with van der Waals surface area (Å²) in [5.41, 5.74) is -1.73. The van der Waals surface area contributed by atoms with Gasteiger partial charge in [-0.1, -0.05) is 0 Å². The lowest BCUT2D eigenvalue weighted by atomic mass is 10.2. The van der Waals surface area contributed by atoms with Crippen LogP contribution in [-0.2, 0) is 22.3 Å². The molecule has 1 aliphatic heterocycles. The molecular weight excluding hydrogens is 313 g/mol. The molecule has 0 aromatic carbocycles. The SMILES string of the molecule is Cc1cc(C(F)(F)F)cc(=O)n1CC(=O)N1C[C@@H](C)O[C@@H](C)C1. The van der Waals surface area contributed by atoms with E-state index < -0.39 is 17.3 Å². The topological polar surface area (TPSA) is 51.5 Å². The van der Waals surface area contributed by atoms with E-state index in [0.717, 1.165) is 10.6 Å². The maximum Gasteiger partial charge on any atom is 0.416 e. The number of hydrogen-bond acceptors (Lipinski definition) is 3. The summed E-state index contributed by atoms with van der Waals surface area (Å²) >= 11 is 0. The Morgan fingerprint density at radius 3 is 2.30 bits per heavy atom. The molecule has 2 heterocycles. The molecule has 1 aromatic heterocycles. The lowest BCUT2D eigenvalue weighted by molar-refractivity contribution is -0.143.